The van der Waals surface area contributed by atoms with Crippen molar-refractivity contribution in [2.75, 3.05) is 13.7 Å². The van der Waals surface area contributed by atoms with Crippen molar-refractivity contribution in [3.8, 4) is 11.4 Å². The molecular formula is C17H19BrN4O3. The molecule has 7 nitrogen and oxygen atoms in total. The molecule has 0 aliphatic rings. The second-order valence-electron chi connectivity index (χ2n) is 5.67. The van der Waals surface area contributed by atoms with Crippen molar-refractivity contribution < 1.29 is 4.74 Å². The van der Waals surface area contributed by atoms with E-state index in [9.17, 15) is 9.59 Å². The van der Waals surface area contributed by atoms with Gasteiger partial charge in [0.1, 0.15) is 5.82 Å². The third-order valence-corrected chi connectivity index (χ3v) is 4.43. The highest BCUT2D eigenvalue weighted by atomic mass is 79.9. The maximum atomic E-state index is 12.5. The summed E-state index contributed by atoms with van der Waals surface area (Å²) >= 11 is 3.46. The highest BCUT2D eigenvalue weighted by Crippen LogP contribution is 2.25. The van der Waals surface area contributed by atoms with Crippen LogP contribution in [0.1, 0.15) is 13.3 Å². The number of rotatable bonds is 6. The molecule has 0 aliphatic heterocycles. The topological polar surface area (TPSA) is 81.9 Å². The predicted octanol–water partition coefficient (Wildman–Crippen LogP) is 2.37. The van der Waals surface area contributed by atoms with Gasteiger partial charge in [-0.3, -0.25) is 14.3 Å². The van der Waals surface area contributed by atoms with E-state index in [0.29, 0.717) is 36.7 Å². The minimum Gasteiger partial charge on any atom is -0.383 e. The predicted molar refractivity (Wildman–Crippen MR) is 99.9 cm³/mol. The molecule has 1 N–H and O–H groups in total. The zero-order valence-corrected chi connectivity index (χ0v) is 15.7. The number of fused-ring (bicyclic) bond motifs is 1. The van der Waals surface area contributed by atoms with Crippen LogP contribution in [-0.4, -0.2) is 32.8 Å². The van der Waals surface area contributed by atoms with E-state index in [-0.39, 0.29) is 0 Å². The molecule has 2 aromatic heterocycles. The fourth-order valence-corrected chi connectivity index (χ4v) is 3.25. The summed E-state index contributed by atoms with van der Waals surface area (Å²) in [5, 5.41) is 0. The van der Waals surface area contributed by atoms with Crippen molar-refractivity contribution in [1.82, 2.24) is 19.1 Å². The standard InChI is InChI=1S/C17H19BrN4O3/c1-3-7-22-15-13(16(23)20-17(22)24)21(8-9-25-2)14(19-15)11-5-4-6-12(18)10-11/h4-6,10H,3,7-9H2,1-2H3,(H,20,23,24). The summed E-state index contributed by atoms with van der Waals surface area (Å²) in [7, 11) is 1.61. The van der Waals surface area contributed by atoms with E-state index in [0.717, 1.165) is 16.5 Å². The van der Waals surface area contributed by atoms with Gasteiger partial charge in [0, 0.05) is 30.2 Å². The Morgan fingerprint density at radius 1 is 1.24 bits per heavy atom. The smallest absolute Gasteiger partial charge is 0.330 e. The van der Waals surface area contributed by atoms with Crippen LogP contribution in [0.4, 0.5) is 0 Å². The minimum atomic E-state index is -0.434. The van der Waals surface area contributed by atoms with Crippen molar-refractivity contribution in [3.63, 3.8) is 0 Å². The molecule has 0 unspecified atom stereocenters. The molecule has 132 valence electrons. The summed E-state index contributed by atoms with van der Waals surface area (Å²) in [6, 6.07) is 7.68. The average molecular weight is 407 g/mol. The van der Waals surface area contributed by atoms with E-state index in [1.807, 2.05) is 35.8 Å². The van der Waals surface area contributed by atoms with Crippen molar-refractivity contribution >= 4 is 27.1 Å². The van der Waals surface area contributed by atoms with Crippen molar-refractivity contribution in [2.24, 2.45) is 0 Å². The first kappa shape index (κ1) is 17.6. The quantitative estimate of drug-likeness (QED) is 0.680. The second-order valence-corrected chi connectivity index (χ2v) is 6.59. The number of aromatic nitrogens is 4. The van der Waals surface area contributed by atoms with Gasteiger partial charge in [0.2, 0.25) is 0 Å². The summed E-state index contributed by atoms with van der Waals surface area (Å²) in [4.78, 5) is 31.7. The Morgan fingerprint density at radius 3 is 2.72 bits per heavy atom. The van der Waals surface area contributed by atoms with E-state index in [4.69, 9.17) is 4.74 Å². The molecule has 3 rings (SSSR count). The first-order valence-electron chi connectivity index (χ1n) is 8.05. The number of benzene rings is 1. The van der Waals surface area contributed by atoms with Gasteiger partial charge in [0.15, 0.2) is 11.2 Å². The Kier molecular flexibility index (Phi) is 5.19. The normalized spacial score (nSPS) is 11.3. The zero-order chi connectivity index (χ0) is 18.0. The third-order valence-electron chi connectivity index (χ3n) is 3.93. The fourth-order valence-electron chi connectivity index (χ4n) is 2.85. The number of aryl methyl sites for hydroxylation is 1. The molecular weight excluding hydrogens is 388 g/mol. The molecule has 0 saturated carbocycles. The van der Waals surface area contributed by atoms with Crippen LogP contribution in [0.3, 0.4) is 0 Å². The summed E-state index contributed by atoms with van der Waals surface area (Å²) < 4.78 is 9.42. The zero-order valence-electron chi connectivity index (χ0n) is 14.1. The first-order chi connectivity index (χ1) is 12.1. The Balaban J connectivity index is 2.36. The van der Waals surface area contributed by atoms with Gasteiger partial charge in [-0.05, 0) is 18.6 Å². The molecule has 1 aromatic carbocycles. The van der Waals surface area contributed by atoms with E-state index in [2.05, 4.69) is 25.9 Å². The van der Waals surface area contributed by atoms with Crippen LogP contribution in [0.5, 0.6) is 0 Å². The van der Waals surface area contributed by atoms with E-state index in [1.165, 1.54) is 4.57 Å². The maximum Gasteiger partial charge on any atom is 0.330 e. The Bertz CT molecular complexity index is 1020. The highest BCUT2D eigenvalue weighted by Gasteiger charge is 2.19. The third kappa shape index (κ3) is 3.32. The van der Waals surface area contributed by atoms with Gasteiger partial charge in [0.25, 0.3) is 5.56 Å². The second kappa shape index (κ2) is 7.37. The molecule has 25 heavy (non-hydrogen) atoms. The lowest BCUT2D eigenvalue weighted by molar-refractivity contribution is 0.188. The van der Waals surface area contributed by atoms with E-state index < -0.39 is 11.2 Å². The van der Waals surface area contributed by atoms with E-state index >= 15 is 0 Å². The molecule has 0 amide bonds. The lowest BCUT2D eigenvalue weighted by atomic mass is 10.2. The van der Waals surface area contributed by atoms with Gasteiger partial charge in [-0.15, -0.1) is 0 Å². The Hall–Kier alpha value is -2.19. The van der Waals surface area contributed by atoms with Crippen LogP contribution in [-0.2, 0) is 17.8 Å². The number of nitrogens with one attached hydrogen (secondary N) is 1. The van der Waals surface area contributed by atoms with Crippen LogP contribution in [0.15, 0.2) is 38.3 Å². The lowest BCUT2D eigenvalue weighted by Crippen LogP contribution is -2.31. The van der Waals surface area contributed by atoms with Crippen LogP contribution in [0, 0.1) is 0 Å². The molecule has 0 aliphatic carbocycles. The molecule has 8 heteroatoms. The molecule has 0 fully saturated rings. The number of imidazole rings is 1. The number of ether oxygens (including phenoxy) is 1. The fraction of sp³-hybridized carbons (Fsp3) is 0.353. The van der Waals surface area contributed by atoms with Gasteiger partial charge in [-0.25, -0.2) is 9.78 Å². The molecule has 0 atom stereocenters. The van der Waals surface area contributed by atoms with Gasteiger partial charge in [-0.2, -0.15) is 0 Å². The maximum absolute atomic E-state index is 12.5. The molecule has 0 radical (unpaired) electrons. The average Bonchev–Trinajstić information content (AvgIpc) is 2.96. The van der Waals surface area contributed by atoms with Crippen molar-refractivity contribution in [3.05, 3.63) is 49.6 Å². The molecule has 3 aromatic rings. The van der Waals surface area contributed by atoms with E-state index in [1.54, 1.807) is 7.11 Å². The number of methoxy groups -OCH3 is 1. The number of aromatic amines is 1. The molecule has 2 heterocycles. The van der Waals surface area contributed by atoms with Crippen LogP contribution in [0.25, 0.3) is 22.6 Å². The first-order valence-corrected chi connectivity index (χ1v) is 8.84. The highest BCUT2D eigenvalue weighted by molar-refractivity contribution is 9.10. The number of H-pyrrole nitrogens is 1. The Morgan fingerprint density at radius 2 is 2.04 bits per heavy atom. The monoisotopic (exact) mass is 406 g/mol. The van der Waals surface area contributed by atoms with Gasteiger partial charge < -0.3 is 9.30 Å². The minimum absolute atomic E-state index is 0.389. The number of halogens is 1. The summed E-state index contributed by atoms with van der Waals surface area (Å²) in [6.07, 6.45) is 0.762. The van der Waals surface area contributed by atoms with Crippen LogP contribution < -0.4 is 11.2 Å². The van der Waals surface area contributed by atoms with Crippen molar-refractivity contribution in [1.29, 1.82) is 0 Å². The molecule has 0 spiro atoms. The van der Waals surface area contributed by atoms with Gasteiger partial charge in [0.05, 0.1) is 6.61 Å². The van der Waals surface area contributed by atoms with Gasteiger partial charge in [-0.1, -0.05) is 35.0 Å². The largest absolute Gasteiger partial charge is 0.383 e. The molecule has 0 saturated heterocycles. The van der Waals surface area contributed by atoms with Crippen LogP contribution in [0.2, 0.25) is 0 Å². The summed E-state index contributed by atoms with van der Waals surface area (Å²) in [5.74, 6) is 0.634. The van der Waals surface area contributed by atoms with Crippen LogP contribution >= 0.6 is 15.9 Å². The van der Waals surface area contributed by atoms with Gasteiger partial charge >= 0.3 is 5.69 Å². The number of hydrogen-bond donors (Lipinski definition) is 1. The summed E-state index contributed by atoms with van der Waals surface area (Å²) in [5.41, 5.74) is 0.784. The summed E-state index contributed by atoms with van der Waals surface area (Å²) in [6.45, 7) is 3.35. The molecule has 0 bridgehead atoms. The lowest BCUT2D eigenvalue weighted by Gasteiger charge is -2.08. The Labute approximate surface area is 152 Å². The number of hydrogen-bond acceptors (Lipinski definition) is 4. The SMILES string of the molecule is CCCn1c(=O)[nH]c(=O)c2c1nc(-c1cccc(Br)c1)n2CCOC. The van der Waals surface area contributed by atoms with Crippen molar-refractivity contribution in [2.45, 2.75) is 26.4 Å². The number of nitrogens with zero attached hydrogens (tertiary/aromatic N) is 3.